The van der Waals surface area contributed by atoms with Crippen LogP contribution >= 0.6 is 0 Å². The van der Waals surface area contributed by atoms with E-state index in [1.165, 1.54) is 44.9 Å². The highest BCUT2D eigenvalue weighted by atomic mass is 16.5. The van der Waals surface area contributed by atoms with Gasteiger partial charge < -0.3 is 14.6 Å². The molecule has 1 heterocycles. The standard InChI is InChI=1S/C32H54O4/c1-20(33)35-25-14-16-29(6)23(27(25,2)3)13-18-31(8)24(29)11-10-21-22(12-17-30(21,31)7)32(9)19-15-26(36-32)28(4,5)34/h21-26,34H,10-19H2,1-9H3/t21?,22-,23?,24?,25+,26-,29-,30+,31+,32?/m0/s1. The van der Waals surface area contributed by atoms with Gasteiger partial charge in [0.15, 0.2) is 0 Å². The van der Waals surface area contributed by atoms with Crippen LogP contribution in [0.25, 0.3) is 0 Å². The molecule has 0 aromatic rings. The van der Waals surface area contributed by atoms with Gasteiger partial charge in [0.05, 0.1) is 17.3 Å². The van der Waals surface area contributed by atoms with Crippen LogP contribution in [0.15, 0.2) is 0 Å². The summed E-state index contributed by atoms with van der Waals surface area (Å²) in [4.78, 5) is 11.9. The zero-order chi connectivity index (χ0) is 26.5. The molecule has 5 aliphatic rings. The fourth-order valence-electron chi connectivity index (χ4n) is 11.5. The van der Waals surface area contributed by atoms with Crippen LogP contribution in [-0.2, 0) is 14.3 Å². The van der Waals surface area contributed by atoms with Gasteiger partial charge in [-0.15, -0.1) is 0 Å². The summed E-state index contributed by atoms with van der Waals surface area (Å²) in [5.41, 5.74) is 0.122. The summed E-state index contributed by atoms with van der Waals surface area (Å²) < 4.78 is 12.6. The summed E-state index contributed by atoms with van der Waals surface area (Å²) in [6, 6.07) is 0. The maximum absolute atomic E-state index is 11.9. The molecule has 10 atom stereocenters. The van der Waals surface area contributed by atoms with Gasteiger partial charge >= 0.3 is 5.97 Å². The highest BCUT2D eigenvalue weighted by molar-refractivity contribution is 5.66. The first-order chi connectivity index (χ1) is 16.5. The lowest BCUT2D eigenvalue weighted by Crippen LogP contribution is -2.64. The predicted molar refractivity (Wildman–Crippen MR) is 143 cm³/mol. The number of hydrogen-bond acceptors (Lipinski definition) is 4. The zero-order valence-electron chi connectivity index (χ0n) is 24.7. The Balaban J connectivity index is 1.42. The Morgan fingerprint density at radius 3 is 2.08 bits per heavy atom. The van der Waals surface area contributed by atoms with E-state index in [-0.39, 0.29) is 29.2 Å². The fourth-order valence-corrected chi connectivity index (χ4v) is 11.5. The van der Waals surface area contributed by atoms with Crippen LogP contribution in [0.2, 0.25) is 0 Å². The molecular formula is C32H54O4. The summed E-state index contributed by atoms with van der Waals surface area (Å²) in [5, 5.41) is 10.7. The molecule has 4 heteroatoms. The van der Waals surface area contributed by atoms with Crippen LogP contribution in [-0.4, -0.2) is 34.5 Å². The molecule has 0 aromatic carbocycles. The van der Waals surface area contributed by atoms with E-state index in [9.17, 15) is 9.90 Å². The summed E-state index contributed by atoms with van der Waals surface area (Å²) in [7, 11) is 0. The Hall–Kier alpha value is -0.610. The van der Waals surface area contributed by atoms with Crippen molar-refractivity contribution < 1.29 is 19.4 Å². The van der Waals surface area contributed by atoms with Gasteiger partial charge in [-0.2, -0.15) is 0 Å². The third kappa shape index (κ3) is 3.62. The molecule has 206 valence electrons. The van der Waals surface area contributed by atoms with Crippen molar-refractivity contribution in [2.75, 3.05) is 0 Å². The minimum absolute atomic E-state index is 0.0211. The lowest BCUT2D eigenvalue weighted by atomic mass is 9.35. The van der Waals surface area contributed by atoms with Crippen LogP contribution in [0.4, 0.5) is 0 Å². The molecular weight excluding hydrogens is 448 g/mol. The number of rotatable bonds is 3. The van der Waals surface area contributed by atoms with Crippen LogP contribution in [0.1, 0.15) is 127 Å². The van der Waals surface area contributed by atoms with Gasteiger partial charge in [-0.1, -0.05) is 34.6 Å². The number of hydrogen-bond donors (Lipinski definition) is 1. The van der Waals surface area contributed by atoms with E-state index < -0.39 is 5.60 Å². The first kappa shape index (κ1) is 27.0. The molecule has 1 aliphatic heterocycles. The molecule has 1 saturated heterocycles. The van der Waals surface area contributed by atoms with E-state index in [0.717, 1.165) is 25.2 Å². The molecule has 4 nitrogen and oxygen atoms in total. The Morgan fingerprint density at radius 2 is 1.47 bits per heavy atom. The van der Waals surface area contributed by atoms with Crippen molar-refractivity contribution >= 4 is 5.97 Å². The van der Waals surface area contributed by atoms with Crippen molar-refractivity contribution in [2.24, 2.45) is 45.3 Å². The van der Waals surface area contributed by atoms with E-state index in [4.69, 9.17) is 9.47 Å². The zero-order valence-corrected chi connectivity index (χ0v) is 24.7. The molecule has 0 radical (unpaired) electrons. The van der Waals surface area contributed by atoms with Gasteiger partial charge in [0, 0.05) is 12.3 Å². The summed E-state index contributed by atoms with van der Waals surface area (Å²) in [6.45, 7) is 20.4. The summed E-state index contributed by atoms with van der Waals surface area (Å²) >= 11 is 0. The first-order valence-electron chi connectivity index (χ1n) is 15.1. The topological polar surface area (TPSA) is 55.8 Å². The Kier molecular flexibility index (Phi) is 6.14. The van der Waals surface area contributed by atoms with E-state index >= 15 is 0 Å². The van der Waals surface area contributed by atoms with Crippen molar-refractivity contribution in [1.29, 1.82) is 0 Å². The lowest BCUT2D eigenvalue weighted by molar-refractivity contribution is -0.231. The second-order valence-corrected chi connectivity index (χ2v) is 15.9. The van der Waals surface area contributed by atoms with Crippen LogP contribution in [0.5, 0.6) is 0 Å². The molecule has 1 N–H and O–H groups in total. The fraction of sp³-hybridized carbons (Fsp3) is 0.969. The minimum atomic E-state index is -0.770. The third-order valence-corrected chi connectivity index (χ3v) is 13.5. The number of esters is 1. The highest BCUT2D eigenvalue weighted by Crippen LogP contribution is 2.76. The molecule has 36 heavy (non-hydrogen) atoms. The lowest BCUT2D eigenvalue weighted by Gasteiger charge is -2.70. The third-order valence-electron chi connectivity index (χ3n) is 13.5. The Morgan fingerprint density at radius 1 is 0.806 bits per heavy atom. The van der Waals surface area contributed by atoms with E-state index in [1.807, 2.05) is 13.8 Å². The van der Waals surface area contributed by atoms with Crippen LogP contribution in [0.3, 0.4) is 0 Å². The van der Waals surface area contributed by atoms with Crippen LogP contribution in [0, 0.1) is 45.3 Å². The molecule has 4 unspecified atom stereocenters. The van der Waals surface area contributed by atoms with Gasteiger partial charge in [-0.05, 0) is 125 Å². The number of carbonyl (C=O) groups is 1. The van der Waals surface area contributed by atoms with Crippen molar-refractivity contribution in [3.8, 4) is 0 Å². The molecule has 5 fully saturated rings. The number of fused-ring (bicyclic) bond motifs is 5. The molecule has 4 aliphatic carbocycles. The highest BCUT2D eigenvalue weighted by Gasteiger charge is 2.70. The molecule has 4 saturated carbocycles. The molecule has 0 aromatic heterocycles. The van der Waals surface area contributed by atoms with E-state index in [2.05, 4.69) is 41.5 Å². The van der Waals surface area contributed by atoms with Gasteiger partial charge in [-0.3, -0.25) is 4.79 Å². The minimum Gasteiger partial charge on any atom is -0.462 e. The molecule has 0 spiro atoms. The Labute approximate surface area is 220 Å². The average Bonchev–Trinajstić information content (AvgIpc) is 3.32. The Bertz CT molecular complexity index is 889. The van der Waals surface area contributed by atoms with Crippen molar-refractivity contribution in [3.63, 3.8) is 0 Å². The quantitative estimate of drug-likeness (QED) is 0.411. The smallest absolute Gasteiger partial charge is 0.302 e. The van der Waals surface area contributed by atoms with Gasteiger partial charge in [0.1, 0.15) is 6.10 Å². The number of ether oxygens (including phenoxy) is 2. The van der Waals surface area contributed by atoms with Gasteiger partial charge in [0.2, 0.25) is 0 Å². The normalized spacial score (nSPS) is 52.3. The van der Waals surface area contributed by atoms with Crippen molar-refractivity contribution in [3.05, 3.63) is 0 Å². The first-order valence-corrected chi connectivity index (χ1v) is 15.1. The van der Waals surface area contributed by atoms with E-state index in [0.29, 0.717) is 34.0 Å². The van der Waals surface area contributed by atoms with Crippen LogP contribution < -0.4 is 0 Å². The second kappa shape index (κ2) is 8.20. The SMILES string of the molecule is CC(=O)O[C@@H]1CC[C@@]2(C)C(CC[C@]3(C)C2CCC2[C@@H](C4(C)CC[C@@H](C(C)(C)O)O4)CC[C@]23C)C1(C)C. The van der Waals surface area contributed by atoms with Gasteiger partial charge in [0.25, 0.3) is 0 Å². The summed E-state index contributed by atoms with van der Waals surface area (Å²) in [6.07, 6.45) is 11.9. The second-order valence-electron chi connectivity index (χ2n) is 15.9. The van der Waals surface area contributed by atoms with Crippen molar-refractivity contribution in [1.82, 2.24) is 0 Å². The maximum Gasteiger partial charge on any atom is 0.302 e. The number of aliphatic hydroxyl groups is 1. The summed E-state index contributed by atoms with van der Waals surface area (Å²) in [5.74, 6) is 2.49. The monoisotopic (exact) mass is 502 g/mol. The van der Waals surface area contributed by atoms with Crippen molar-refractivity contribution in [2.45, 2.75) is 150 Å². The average molecular weight is 503 g/mol. The largest absolute Gasteiger partial charge is 0.462 e. The predicted octanol–water partition coefficient (Wildman–Crippen LogP) is 7.31. The molecule has 5 rings (SSSR count). The molecule has 0 bridgehead atoms. The molecule has 0 amide bonds. The number of carbonyl (C=O) groups excluding carboxylic acids is 1. The van der Waals surface area contributed by atoms with Gasteiger partial charge in [-0.25, -0.2) is 0 Å². The van der Waals surface area contributed by atoms with E-state index in [1.54, 1.807) is 6.92 Å². The maximum atomic E-state index is 11.9.